The first-order chi connectivity index (χ1) is 9.95. The van der Waals surface area contributed by atoms with Crippen molar-refractivity contribution in [3.63, 3.8) is 0 Å². The molecule has 6 heteroatoms. The Bertz CT molecular complexity index is 750. The van der Waals surface area contributed by atoms with Crippen molar-refractivity contribution < 1.29 is 9.53 Å². The second kappa shape index (κ2) is 5.88. The minimum Gasteiger partial charge on any atom is -0.378 e. The number of aromatic amines is 1. The highest BCUT2D eigenvalue weighted by Gasteiger charge is 2.19. The molecular formula is C15H17N3O3. The maximum atomic E-state index is 12.6. The van der Waals surface area contributed by atoms with Gasteiger partial charge in [-0.1, -0.05) is 0 Å². The predicted octanol–water partition coefficient (Wildman–Crippen LogP) is 1.30. The summed E-state index contributed by atoms with van der Waals surface area (Å²) < 4.78 is 5.01. The Balaban J connectivity index is 2.77. The van der Waals surface area contributed by atoms with E-state index in [-0.39, 0.29) is 12.2 Å². The average Bonchev–Trinajstić information content (AvgIpc) is 2.38. The maximum Gasteiger partial charge on any atom is 0.254 e. The second-order valence-corrected chi connectivity index (χ2v) is 4.79. The third-order valence-corrected chi connectivity index (χ3v) is 3.19. The highest BCUT2D eigenvalue weighted by Crippen LogP contribution is 2.20. The molecule has 2 heterocycles. The summed E-state index contributed by atoms with van der Waals surface area (Å²) in [5.74, 6) is -0.768. The Hall–Kier alpha value is -2.47. The lowest BCUT2D eigenvalue weighted by molar-refractivity contribution is 0.0993. The number of aromatic nitrogens is 2. The molecule has 0 atom stereocenters. The maximum absolute atomic E-state index is 12.6. The van der Waals surface area contributed by atoms with Crippen LogP contribution in [0.4, 0.5) is 0 Å². The Morgan fingerprint density at radius 2 is 2.14 bits per heavy atom. The molecule has 2 aromatic heterocycles. The van der Waals surface area contributed by atoms with Gasteiger partial charge in [-0.05, 0) is 31.5 Å². The molecule has 0 aliphatic rings. The zero-order valence-electron chi connectivity index (χ0n) is 12.2. The van der Waals surface area contributed by atoms with Gasteiger partial charge in [0.25, 0.3) is 5.91 Å². The number of hydrogen-bond acceptors (Lipinski definition) is 4. The number of nitrogens with two attached hydrogens (primary N) is 1. The van der Waals surface area contributed by atoms with Crippen LogP contribution < -0.4 is 11.2 Å². The van der Waals surface area contributed by atoms with Crippen LogP contribution in [-0.2, 0) is 11.3 Å². The predicted molar refractivity (Wildman–Crippen MR) is 79.0 cm³/mol. The summed E-state index contributed by atoms with van der Waals surface area (Å²) in [7, 11) is 1.48. The summed E-state index contributed by atoms with van der Waals surface area (Å²) in [6, 6.07) is 3.52. The summed E-state index contributed by atoms with van der Waals surface area (Å²) in [6.07, 6.45) is 1.62. The van der Waals surface area contributed by atoms with Gasteiger partial charge in [0.1, 0.15) is 5.56 Å². The topological polar surface area (TPSA) is 98.1 Å². The highest BCUT2D eigenvalue weighted by atomic mass is 16.5. The van der Waals surface area contributed by atoms with Crippen LogP contribution in [0.2, 0.25) is 0 Å². The molecule has 0 spiro atoms. The van der Waals surface area contributed by atoms with E-state index in [4.69, 9.17) is 10.5 Å². The van der Waals surface area contributed by atoms with Crippen LogP contribution in [0.5, 0.6) is 0 Å². The van der Waals surface area contributed by atoms with Gasteiger partial charge in [0, 0.05) is 30.3 Å². The Kier molecular flexibility index (Phi) is 4.18. The molecule has 0 bridgehead atoms. The average molecular weight is 287 g/mol. The standard InChI is InChI=1S/C15H17N3O3/c1-8-6-10(4-5-17-8)12-9(2)18-11(7-21-3)13(14(12)19)15(16)20/h4-6H,7H2,1-3H3,(H2,16,20)(H,18,19). The van der Waals surface area contributed by atoms with Gasteiger partial charge in [0.2, 0.25) is 5.43 Å². The lowest BCUT2D eigenvalue weighted by Gasteiger charge is -2.12. The zero-order chi connectivity index (χ0) is 15.6. The number of nitrogens with zero attached hydrogens (tertiary/aromatic N) is 1. The molecule has 0 radical (unpaired) electrons. The fourth-order valence-corrected chi connectivity index (χ4v) is 2.35. The number of nitrogens with one attached hydrogen (secondary N) is 1. The number of H-pyrrole nitrogens is 1. The van der Waals surface area contributed by atoms with E-state index in [1.165, 1.54) is 7.11 Å². The third kappa shape index (κ3) is 2.85. The van der Waals surface area contributed by atoms with Crippen molar-refractivity contribution in [2.45, 2.75) is 20.5 Å². The lowest BCUT2D eigenvalue weighted by Crippen LogP contribution is -2.27. The number of methoxy groups -OCH3 is 1. The first-order valence-corrected chi connectivity index (χ1v) is 6.43. The van der Waals surface area contributed by atoms with Crippen molar-refractivity contribution in [1.82, 2.24) is 9.97 Å². The van der Waals surface area contributed by atoms with E-state index in [0.717, 1.165) is 5.69 Å². The first kappa shape index (κ1) is 14.9. The van der Waals surface area contributed by atoms with Crippen LogP contribution in [0.25, 0.3) is 11.1 Å². The van der Waals surface area contributed by atoms with Gasteiger partial charge in [-0.2, -0.15) is 0 Å². The van der Waals surface area contributed by atoms with Crippen LogP contribution >= 0.6 is 0 Å². The van der Waals surface area contributed by atoms with Crippen molar-refractivity contribution in [3.8, 4) is 11.1 Å². The number of amides is 1. The van der Waals surface area contributed by atoms with Crippen molar-refractivity contribution in [1.29, 1.82) is 0 Å². The van der Waals surface area contributed by atoms with E-state index in [2.05, 4.69) is 9.97 Å². The molecule has 1 amide bonds. The van der Waals surface area contributed by atoms with Crippen molar-refractivity contribution >= 4 is 5.91 Å². The molecule has 6 nitrogen and oxygen atoms in total. The minimum atomic E-state index is -0.768. The molecule has 0 aromatic carbocycles. The second-order valence-electron chi connectivity index (χ2n) is 4.79. The smallest absolute Gasteiger partial charge is 0.254 e. The number of ether oxygens (including phenoxy) is 1. The Labute approximate surface area is 122 Å². The normalized spacial score (nSPS) is 10.6. The molecule has 0 aliphatic carbocycles. The molecule has 0 saturated heterocycles. The molecule has 21 heavy (non-hydrogen) atoms. The largest absolute Gasteiger partial charge is 0.378 e. The summed E-state index contributed by atoms with van der Waals surface area (Å²) in [4.78, 5) is 31.4. The molecule has 3 N–H and O–H groups in total. The van der Waals surface area contributed by atoms with Crippen LogP contribution in [-0.4, -0.2) is 23.0 Å². The number of aryl methyl sites for hydroxylation is 2. The van der Waals surface area contributed by atoms with Crippen LogP contribution in [0.3, 0.4) is 0 Å². The van der Waals surface area contributed by atoms with Gasteiger partial charge in [0.15, 0.2) is 0 Å². The third-order valence-electron chi connectivity index (χ3n) is 3.19. The van der Waals surface area contributed by atoms with Gasteiger partial charge >= 0.3 is 0 Å². The van der Waals surface area contributed by atoms with Gasteiger partial charge < -0.3 is 15.5 Å². The summed E-state index contributed by atoms with van der Waals surface area (Å²) in [5.41, 5.74) is 7.85. The van der Waals surface area contributed by atoms with Crippen molar-refractivity contribution in [2.24, 2.45) is 5.73 Å². The quantitative estimate of drug-likeness (QED) is 0.885. The molecule has 0 unspecified atom stereocenters. The van der Waals surface area contributed by atoms with Gasteiger partial charge in [-0.25, -0.2) is 0 Å². The number of carbonyl (C=O) groups is 1. The van der Waals surface area contributed by atoms with Crippen LogP contribution in [0.15, 0.2) is 23.1 Å². The van der Waals surface area contributed by atoms with E-state index in [0.29, 0.717) is 22.5 Å². The molecule has 2 aromatic rings. The van der Waals surface area contributed by atoms with Gasteiger partial charge in [0.05, 0.1) is 12.3 Å². The van der Waals surface area contributed by atoms with E-state index in [1.54, 1.807) is 25.3 Å². The van der Waals surface area contributed by atoms with E-state index in [9.17, 15) is 9.59 Å². The SMILES string of the molecule is COCc1[nH]c(C)c(-c2ccnc(C)c2)c(=O)c1C(N)=O. The lowest BCUT2D eigenvalue weighted by atomic mass is 10.00. The molecule has 110 valence electrons. The number of rotatable bonds is 4. The molecular weight excluding hydrogens is 270 g/mol. The molecule has 0 fully saturated rings. The first-order valence-electron chi connectivity index (χ1n) is 6.43. The number of hydrogen-bond donors (Lipinski definition) is 2. The van der Waals surface area contributed by atoms with Crippen LogP contribution in [0.1, 0.15) is 27.4 Å². The fraction of sp³-hybridized carbons (Fsp3) is 0.267. The summed E-state index contributed by atoms with van der Waals surface area (Å²) >= 11 is 0. The van der Waals surface area contributed by atoms with Crippen molar-refractivity contribution in [2.75, 3.05) is 7.11 Å². The van der Waals surface area contributed by atoms with Gasteiger partial charge in [-0.3, -0.25) is 14.6 Å². The number of carbonyl (C=O) groups excluding carboxylic acids is 1. The molecule has 0 aliphatic heterocycles. The van der Waals surface area contributed by atoms with E-state index < -0.39 is 11.3 Å². The van der Waals surface area contributed by atoms with Crippen molar-refractivity contribution in [3.05, 3.63) is 51.2 Å². The highest BCUT2D eigenvalue weighted by molar-refractivity contribution is 5.95. The summed E-state index contributed by atoms with van der Waals surface area (Å²) in [5, 5.41) is 0. The Morgan fingerprint density at radius 3 is 2.71 bits per heavy atom. The number of pyridine rings is 2. The Morgan fingerprint density at radius 1 is 1.43 bits per heavy atom. The summed E-state index contributed by atoms with van der Waals surface area (Å²) in [6.45, 7) is 3.72. The van der Waals surface area contributed by atoms with Crippen LogP contribution in [0, 0.1) is 13.8 Å². The molecule has 2 rings (SSSR count). The van der Waals surface area contributed by atoms with Gasteiger partial charge in [-0.15, -0.1) is 0 Å². The van der Waals surface area contributed by atoms with E-state index in [1.807, 2.05) is 6.92 Å². The van der Waals surface area contributed by atoms with E-state index >= 15 is 0 Å². The zero-order valence-corrected chi connectivity index (χ0v) is 12.2. The minimum absolute atomic E-state index is 0.0630. The number of primary amides is 1. The monoisotopic (exact) mass is 287 g/mol. The fourth-order valence-electron chi connectivity index (χ4n) is 2.35. The molecule has 0 saturated carbocycles.